The first-order valence-corrected chi connectivity index (χ1v) is 8.39. The summed E-state index contributed by atoms with van der Waals surface area (Å²) in [5.74, 6) is -2.31. The number of amides is 1. The van der Waals surface area contributed by atoms with E-state index < -0.39 is 17.7 Å². The van der Waals surface area contributed by atoms with E-state index >= 15 is 0 Å². The van der Waals surface area contributed by atoms with E-state index in [1.54, 1.807) is 6.92 Å². The van der Waals surface area contributed by atoms with Gasteiger partial charge in [-0.3, -0.25) is 9.59 Å². The van der Waals surface area contributed by atoms with E-state index in [2.05, 4.69) is 10.6 Å². The lowest BCUT2D eigenvalue weighted by Gasteiger charge is -2.18. The van der Waals surface area contributed by atoms with Gasteiger partial charge in [-0.15, -0.1) is 0 Å². The Kier molecular flexibility index (Phi) is 6.97. The smallest absolute Gasteiger partial charge is 0.234 e. The van der Waals surface area contributed by atoms with Crippen LogP contribution in [-0.4, -0.2) is 24.3 Å². The zero-order valence-electron chi connectivity index (χ0n) is 14.8. The van der Waals surface area contributed by atoms with E-state index in [9.17, 15) is 18.4 Å². The van der Waals surface area contributed by atoms with Crippen LogP contribution in [0.3, 0.4) is 0 Å². The molecular weight excluding hydrogens is 338 g/mol. The number of hydrogen-bond acceptors (Lipinski definition) is 3. The highest BCUT2D eigenvalue weighted by Gasteiger charge is 2.18. The van der Waals surface area contributed by atoms with Crippen LogP contribution in [0.2, 0.25) is 0 Å². The standard InChI is InChI=1S/C20H22F2N2O2/c1-13(16-8-9-17(21)18(22)11-16)23-12-20(26)24-19(14(2)25)10-15-6-4-3-5-7-15/h3-9,11,13,19,23H,10,12H2,1-2H3,(H,24,26)/t13-,19-/m1/s1. The first-order valence-electron chi connectivity index (χ1n) is 8.39. The van der Waals surface area contributed by atoms with Gasteiger partial charge < -0.3 is 10.6 Å². The van der Waals surface area contributed by atoms with Crippen LogP contribution in [0.5, 0.6) is 0 Å². The molecule has 0 spiro atoms. The Morgan fingerprint density at radius 1 is 1.04 bits per heavy atom. The summed E-state index contributed by atoms with van der Waals surface area (Å²) in [6, 6.07) is 12.1. The molecule has 2 aromatic carbocycles. The van der Waals surface area contributed by atoms with Crippen molar-refractivity contribution in [2.24, 2.45) is 0 Å². The number of benzene rings is 2. The molecule has 0 saturated carbocycles. The first-order chi connectivity index (χ1) is 12.4. The van der Waals surface area contributed by atoms with Crippen LogP contribution in [0.15, 0.2) is 48.5 Å². The Labute approximate surface area is 151 Å². The number of hydrogen-bond donors (Lipinski definition) is 2. The molecule has 0 bridgehead atoms. The van der Waals surface area contributed by atoms with Gasteiger partial charge in [0.05, 0.1) is 12.6 Å². The molecule has 0 radical (unpaired) electrons. The summed E-state index contributed by atoms with van der Waals surface area (Å²) in [6.45, 7) is 3.14. The highest BCUT2D eigenvalue weighted by molar-refractivity contribution is 5.88. The molecule has 0 aromatic heterocycles. The van der Waals surface area contributed by atoms with Crippen molar-refractivity contribution in [2.45, 2.75) is 32.4 Å². The fraction of sp³-hybridized carbons (Fsp3) is 0.300. The van der Waals surface area contributed by atoms with Crippen molar-refractivity contribution in [1.82, 2.24) is 10.6 Å². The van der Waals surface area contributed by atoms with Crippen molar-refractivity contribution in [3.63, 3.8) is 0 Å². The summed E-state index contributed by atoms with van der Waals surface area (Å²) in [7, 11) is 0. The van der Waals surface area contributed by atoms with Crippen molar-refractivity contribution < 1.29 is 18.4 Å². The molecule has 1 amide bonds. The highest BCUT2D eigenvalue weighted by Crippen LogP contribution is 2.15. The second-order valence-electron chi connectivity index (χ2n) is 6.20. The summed E-state index contributed by atoms with van der Waals surface area (Å²) in [4.78, 5) is 23.9. The predicted octanol–water partition coefficient (Wildman–Crippen LogP) is 2.93. The summed E-state index contributed by atoms with van der Waals surface area (Å²) < 4.78 is 26.3. The van der Waals surface area contributed by atoms with Crippen LogP contribution in [-0.2, 0) is 16.0 Å². The van der Waals surface area contributed by atoms with Crippen LogP contribution in [0.25, 0.3) is 0 Å². The van der Waals surface area contributed by atoms with Gasteiger partial charge in [0.15, 0.2) is 17.4 Å². The monoisotopic (exact) mass is 360 g/mol. The van der Waals surface area contributed by atoms with E-state index in [1.807, 2.05) is 30.3 Å². The van der Waals surface area contributed by atoms with E-state index in [4.69, 9.17) is 0 Å². The zero-order valence-corrected chi connectivity index (χ0v) is 14.8. The maximum absolute atomic E-state index is 13.3. The van der Waals surface area contributed by atoms with Gasteiger partial charge in [0.25, 0.3) is 0 Å². The maximum atomic E-state index is 13.3. The molecule has 4 nitrogen and oxygen atoms in total. The number of nitrogens with one attached hydrogen (secondary N) is 2. The average molecular weight is 360 g/mol. The lowest BCUT2D eigenvalue weighted by molar-refractivity contribution is -0.126. The Morgan fingerprint density at radius 2 is 1.73 bits per heavy atom. The summed E-state index contributed by atoms with van der Waals surface area (Å²) >= 11 is 0. The van der Waals surface area contributed by atoms with Gasteiger partial charge in [0, 0.05) is 6.04 Å². The van der Waals surface area contributed by atoms with Crippen LogP contribution in [0, 0.1) is 11.6 Å². The predicted molar refractivity (Wildman–Crippen MR) is 95.5 cm³/mol. The van der Waals surface area contributed by atoms with E-state index in [1.165, 1.54) is 13.0 Å². The Bertz CT molecular complexity index is 766. The van der Waals surface area contributed by atoms with Gasteiger partial charge in [-0.05, 0) is 43.5 Å². The van der Waals surface area contributed by atoms with Gasteiger partial charge in [-0.25, -0.2) is 8.78 Å². The lowest BCUT2D eigenvalue weighted by Crippen LogP contribution is -2.45. The molecule has 0 fully saturated rings. The minimum absolute atomic E-state index is 0.0429. The fourth-order valence-electron chi connectivity index (χ4n) is 2.54. The minimum atomic E-state index is -0.930. The molecule has 0 unspecified atom stereocenters. The third-order valence-corrected chi connectivity index (χ3v) is 4.12. The van der Waals surface area contributed by atoms with Crippen LogP contribution in [0.4, 0.5) is 8.78 Å². The number of ketones is 1. The van der Waals surface area contributed by atoms with Gasteiger partial charge in [-0.1, -0.05) is 36.4 Å². The third kappa shape index (κ3) is 5.74. The molecule has 0 aliphatic rings. The molecule has 26 heavy (non-hydrogen) atoms. The third-order valence-electron chi connectivity index (χ3n) is 4.12. The zero-order chi connectivity index (χ0) is 19.1. The van der Waals surface area contributed by atoms with Crippen molar-refractivity contribution in [2.75, 3.05) is 6.54 Å². The Hall–Kier alpha value is -2.60. The lowest BCUT2D eigenvalue weighted by atomic mass is 10.0. The van der Waals surface area contributed by atoms with E-state index in [-0.39, 0.29) is 24.3 Å². The van der Waals surface area contributed by atoms with Gasteiger partial charge in [-0.2, -0.15) is 0 Å². The van der Waals surface area contributed by atoms with Crippen LogP contribution in [0.1, 0.15) is 31.0 Å². The van der Waals surface area contributed by atoms with Crippen LogP contribution < -0.4 is 10.6 Å². The Balaban J connectivity index is 1.89. The maximum Gasteiger partial charge on any atom is 0.234 e. The number of halogens is 2. The molecule has 2 atom stereocenters. The number of Topliss-reactive ketones (excluding diaryl/α,β-unsaturated/α-hetero) is 1. The quantitative estimate of drug-likeness (QED) is 0.761. The van der Waals surface area contributed by atoms with Gasteiger partial charge in [0.2, 0.25) is 5.91 Å². The fourth-order valence-corrected chi connectivity index (χ4v) is 2.54. The average Bonchev–Trinajstić information content (AvgIpc) is 2.62. The number of carbonyl (C=O) groups is 2. The highest BCUT2D eigenvalue weighted by atomic mass is 19.2. The summed E-state index contributed by atoms with van der Waals surface area (Å²) in [6.07, 6.45) is 0.417. The van der Waals surface area contributed by atoms with Crippen molar-refractivity contribution in [1.29, 1.82) is 0 Å². The molecule has 0 saturated heterocycles. The van der Waals surface area contributed by atoms with Gasteiger partial charge in [0.1, 0.15) is 0 Å². The SMILES string of the molecule is CC(=O)[C@@H](Cc1ccccc1)NC(=O)CN[C@H](C)c1ccc(F)c(F)c1. The molecule has 2 rings (SSSR count). The number of rotatable bonds is 8. The second kappa shape index (κ2) is 9.20. The topological polar surface area (TPSA) is 58.2 Å². The Morgan fingerprint density at radius 3 is 2.35 bits per heavy atom. The molecule has 2 aromatic rings. The molecule has 0 heterocycles. The van der Waals surface area contributed by atoms with Crippen molar-refractivity contribution in [3.8, 4) is 0 Å². The van der Waals surface area contributed by atoms with Crippen molar-refractivity contribution in [3.05, 3.63) is 71.3 Å². The van der Waals surface area contributed by atoms with Crippen LogP contribution >= 0.6 is 0 Å². The molecule has 0 aliphatic heterocycles. The number of carbonyl (C=O) groups excluding carboxylic acids is 2. The van der Waals surface area contributed by atoms with Gasteiger partial charge >= 0.3 is 0 Å². The molecule has 138 valence electrons. The molecule has 0 aliphatic carbocycles. The van der Waals surface area contributed by atoms with Crippen molar-refractivity contribution >= 4 is 11.7 Å². The molecular formula is C20H22F2N2O2. The summed E-state index contributed by atoms with van der Waals surface area (Å²) in [5.41, 5.74) is 1.49. The van der Waals surface area contributed by atoms with E-state index in [0.29, 0.717) is 12.0 Å². The largest absolute Gasteiger partial charge is 0.345 e. The molecule has 2 N–H and O–H groups in total. The second-order valence-corrected chi connectivity index (χ2v) is 6.20. The summed E-state index contributed by atoms with van der Waals surface area (Å²) in [5, 5.41) is 5.65. The van der Waals surface area contributed by atoms with E-state index in [0.717, 1.165) is 17.7 Å². The normalized spacial score (nSPS) is 13.1. The first kappa shape index (κ1) is 19.7. The minimum Gasteiger partial charge on any atom is -0.345 e. The molecule has 6 heteroatoms.